The molecule has 1 atom stereocenters. The standard InChI is InChI=1S/C24H29N3O3S/c1-27-17-16-25-24(27)23(21-10-6-7-11-22(21)30-2)26-31(28,29)20-14-12-19(13-15-20)18-8-4-3-5-9-18/h6-7,10-18,23,26H,3-5,8-9H2,1-2H3. The number of imidazole rings is 1. The van der Waals surface area contributed by atoms with E-state index in [1.807, 2.05) is 48.0 Å². The van der Waals surface area contributed by atoms with Gasteiger partial charge in [-0.1, -0.05) is 49.6 Å². The molecule has 164 valence electrons. The lowest BCUT2D eigenvalue weighted by Gasteiger charge is -2.23. The van der Waals surface area contributed by atoms with Gasteiger partial charge in [-0.2, -0.15) is 4.72 Å². The Balaban J connectivity index is 1.65. The van der Waals surface area contributed by atoms with Crippen LogP contribution < -0.4 is 9.46 Å². The predicted octanol–water partition coefficient (Wildman–Crippen LogP) is 4.54. The maximum absolute atomic E-state index is 13.3. The highest BCUT2D eigenvalue weighted by Crippen LogP contribution is 2.34. The second-order valence-electron chi connectivity index (χ2n) is 8.10. The lowest BCUT2D eigenvalue weighted by molar-refractivity contribution is 0.405. The molecular weight excluding hydrogens is 410 g/mol. The average Bonchev–Trinajstić information content (AvgIpc) is 3.24. The molecule has 1 aliphatic carbocycles. The van der Waals surface area contributed by atoms with Gasteiger partial charge >= 0.3 is 0 Å². The summed E-state index contributed by atoms with van der Waals surface area (Å²) < 4.78 is 36.8. The summed E-state index contributed by atoms with van der Waals surface area (Å²) in [5, 5.41) is 0. The van der Waals surface area contributed by atoms with Crippen molar-refractivity contribution in [1.82, 2.24) is 14.3 Å². The number of benzene rings is 2. The van der Waals surface area contributed by atoms with E-state index in [2.05, 4.69) is 9.71 Å². The van der Waals surface area contributed by atoms with E-state index in [0.717, 1.165) is 0 Å². The first-order valence-electron chi connectivity index (χ1n) is 10.7. The molecule has 0 amide bonds. The quantitative estimate of drug-likeness (QED) is 0.586. The summed E-state index contributed by atoms with van der Waals surface area (Å²) in [5.41, 5.74) is 1.94. The summed E-state index contributed by atoms with van der Waals surface area (Å²) in [6.45, 7) is 0. The van der Waals surface area contributed by atoms with Crippen molar-refractivity contribution in [3.63, 3.8) is 0 Å². The summed E-state index contributed by atoms with van der Waals surface area (Å²) in [7, 11) is -0.360. The maximum atomic E-state index is 13.3. The molecule has 1 fully saturated rings. The fourth-order valence-electron chi connectivity index (χ4n) is 4.39. The van der Waals surface area contributed by atoms with E-state index in [9.17, 15) is 8.42 Å². The highest BCUT2D eigenvalue weighted by atomic mass is 32.2. The third kappa shape index (κ3) is 4.67. The van der Waals surface area contributed by atoms with Crippen LogP contribution in [0.15, 0.2) is 65.8 Å². The van der Waals surface area contributed by atoms with Crippen LogP contribution in [0.25, 0.3) is 0 Å². The molecule has 1 heterocycles. The van der Waals surface area contributed by atoms with Crippen LogP contribution in [0.5, 0.6) is 5.75 Å². The monoisotopic (exact) mass is 439 g/mol. The molecular formula is C24H29N3O3S. The molecule has 6 nitrogen and oxygen atoms in total. The molecule has 4 rings (SSSR count). The fourth-order valence-corrected chi connectivity index (χ4v) is 5.57. The summed E-state index contributed by atoms with van der Waals surface area (Å²) in [5.74, 6) is 1.73. The van der Waals surface area contributed by atoms with E-state index >= 15 is 0 Å². The van der Waals surface area contributed by atoms with Crippen molar-refractivity contribution < 1.29 is 13.2 Å². The SMILES string of the molecule is COc1ccccc1C(NS(=O)(=O)c1ccc(C2CCCCC2)cc1)c1nccn1C. The van der Waals surface area contributed by atoms with Crippen molar-refractivity contribution >= 4 is 10.0 Å². The second-order valence-corrected chi connectivity index (χ2v) is 9.81. The van der Waals surface area contributed by atoms with Gasteiger partial charge in [0, 0.05) is 25.0 Å². The number of nitrogens with one attached hydrogen (secondary N) is 1. The zero-order chi connectivity index (χ0) is 21.8. The average molecular weight is 440 g/mol. The Labute approximate surface area is 184 Å². The lowest BCUT2D eigenvalue weighted by atomic mass is 9.84. The van der Waals surface area contributed by atoms with Crippen LogP contribution in [-0.4, -0.2) is 25.1 Å². The molecule has 31 heavy (non-hydrogen) atoms. The smallest absolute Gasteiger partial charge is 0.241 e. The number of methoxy groups -OCH3 is 1. The van der Waals surface area contributed by atoms with Crippen molar-refractivity contribution in [3.05, 3.63) is 77.9 Å². The summed E-state index contributed by atoms with van der Waals surface area (Å²) >= 11 is 0. The zero-order valence-corrected chi connectivity index (χ0v) is 18.8. The van der Waals surface area contributed by atoms with E-state index in [1.165, 1.54) is 37.7 Å². The van der Waals surface area contributed by atoms with Crippen LogP contribution in [0, 0.1) is 0 Å². The third-order valence-electron chi connectivity index (χ3n) is 6.11. The van der Waals surface area contributed by atoms with Crippen LogP contribution in [0.4, 0.5) is 0 Å². The minimum absolute atomic E-state index is 0.251. The first-order valence-corrected chi connectivity index (χ1v) is 12.2. The fraction of sp³-hybridized carbons (Fsp3) is 0.375. The summed E-state index contributed by atoms with van der Waals surface area (Å²) in [6.07, 6.45) is 9.60. The molecule has 0 bridgehead atoms. The largest absolute Gasteiger partial charge is 0.496 e. The van der Waals surface area contributed by atoms with Gasteiger partial charge < -0.3 is 9.30 Å². The number of para-hydroxylation sites is 1. The first kappa shape index (κ1) is 21.6. The van der Waals surface area contributed by atoms with Gasteiger partial charge in [-0.3, -0.25) is 0 Å². The Bertz CT molecular complexity index is 1120. The zero-order valence-electron chi connectivity index (χ0n) is 18.0. The summed E-state index contributed by atoms with van der Waals surface area (Å²) in [4.78, 5) is 4.65. The molecule has 1 saturated carbocycles. The van der Waals surface area contributed by atoms with E-state index in [-0.39, 0.29) is 4.90 Å². The second kappa shape index (κ2) is 9.24. The van der Waals surface area contributed by atoms with Crippen LogP contribution >= 0.6 is 0 Å². The number of sulfonamides is 1. The normalized spacial score (nSPS) is 16.2. The van der Waals surface area contributed by atoms with Gasteiger partial charge in [0.25, 0.3) is 0 Å². The molecule has 0 saturated heterocycles. The number of ether oxygens (including phenoxy) is 1. The predicted molar refractivity (Wildman–Crippen MR) is 121 cm³/mol. The minimum atomic E-state index is -3.78. The minimum Gasteiger partial charge on any atom is -0.496 e. The Morgan fingerprint density at radius 1 is 1.06 bits per heavy atom. The van der Waals surface area contributed by atoms with Crippen molar-refractivity contribution in [2.24, 2.45) is 7.05 Å². The van der Waals surface area contributed by atoms with Crippen molar-refractivity contribution in [2.45, 2.75) is 49.0 Å². The van der Waals surface area contributed by atoms with Gasteiger partial charge in [0.15, 0.2) is 0 Å². The van der Waals surface area contributed by atoms with Crippen molar-refractivity contribution in [1.29, 1.82) is 0 Å². The highest BCUT2D eigenvalue weighted by Gasteiger charge is 2.28. The van der Waals surface area contributed by atoms with Crippen molar-refractivity contribution in [2.75, 3.05) is 7.11 Å². The van der Waals surface area contributed by atoms with Gasteiger partial charge in [-0.25, -0.2) is 13.4 Å². The number of hydrogen-bond donors (Lipinski definition) is 1. The van der Waals surface area contributed by atoms with E-state index in [0.29, 0.717) is 23.1 Å². The molecule has 0 spiro atoms. The Hall–Kier alpha value is -2.64. The van der Waals surface area contributed by atoms with E-state index in [4.69, 9.17) is 4.74 Å². The van der Waals surface area contributed by atoms with Gasteiger partial charge in [-0.15, -0.1) is 0 Å². The topological polar surface area (TPSA) is 73.2 Å². The van der Waals surface area contributed by atoms with Crippen LogP contribution in [0.3, 0.4) is 0 Å². The molecule has 1 unspecified atom stereocenters. The van der Waals surface area contributed by atoms with Crippen LogP contribution in [-0.2, 0) is 17.1 Å². The number of aromatic nitrogens is 2. The molecule has 0 radical (unpaired) electrons. The Morgan fingerprint density at radius 3 is 2.42 bits per heavy atom. The highest BCUT2D eigenvalue weighted by molar-refractivity contribution is 7.89. The molecule has 1 aliphatic rings. The van der Waals surface area contributed by atoms with E-state index in [1.54, 1.807) is 31.6 Å². The van der Waals surface area contributed by atoms with E-state index < -0.39 is 16.1 Å². The third-order valence-corrected chi connectivity index (χ3v) is 7.55. The van der Waals surface area contributed by atoms with Crippen molar-refractivity contribution in [3.8, 4) is 5.75 Å². The lowest BCUT2D eigenvalue weighted by Crippen LogP contribution is -2.31. The van der Waals surface area contributed by atoms with Gasteiger partial charge in [-0.05, 0) is 42.5 Å². The Morgan fingerprint density at radius 2 is 1.77 bits per heavy atom. The number of nitrogens with zero attached hydrogens (tertiary/aromatic N) is 2. The van der Waals surface area contributed by atoms with Gasteiger partial charge in [0.1, 0.15) is 17.6 Å². The summed E-state index contributed by atoms with van der Waals surface area (Å²) in [6, 6.07) is 14.1. The molecule has 1 aromatic heterocycles. The molecule has 1 N–H and O–H groups in total. The molecule has 2 aromatic carbocycles. The molecule has 0 aliphatic heterocycles. The van der Waals surface area contributed by atoms with Crippen LogP contribution in [0.1, 0.15) is 61.0 Å². The van der Waals surface area contributed by atoms with Gasteiger partial charge in [0.05, 0.1) is 12.0 Å². The van der Waals surface area contributed by atoms with Crippen LogP contribution in [0.2, 0.25) is 0 Å². The van der Waals surface area contributed by atoms with Gasteiger partial charge in [0.2, 0.25) is 10.0 Å². The first-order chi connectivity index (χ1) is 15.0. The number of aryl methyl sites for hydroxylation is 1. The molecule has 3 aromatic rings. The number of rotatable bonds is 7. The molecule has 7 heteroatoms. The Kier molecular flexibility index (Phi) is 6.43. The maximum Gasteiger partial charge on any atom is 0.241 e. The number of hydrogen-bond acceptors (Lipinski definition) is 4.